The summed E-state index contributed by atoms with van der Waals surface area (Å²) < 4.78 is 11.2. The average Bonchev–Trinajstić information content (AvgIpc) is 3.45. The second kappa shape index (κ2) is 10.6. The van der Waals surface area contributed by atoms with Gasteiger partial charge in [-0.3, -0.25) is 14.4 Å². The van der Waals surface area contributed by atoms with Gasteiger partial charge in [0.1, 0.15) is 5.75 Å². The Morgan fingerprint density at radius 1 is 0.939 bits per heavy atom. The lowest BCUT2D eigenvalue weighted by Gasteiger charge is -2.27. The van der Waals surface area contributed by atoms with Gasteiger partial charge in [-0.05, 0) is 94.9 Å². The number of hydrogen-bond donors (Lipinski definition) is 2. The average molecular weight is 457 g/mol. The molecule has 0 aromatic heterocycles. The lowest BCUT2D eigenvalue weighted by molar-refractivity contribution is -0.149. The van der Waals surface area contributed by atoms with E-state index < -0.39 is 0 Å². The molecule has 7 nitrogen and oxygen atoms in total. The van der Waals surface area contributed by atoms with Crippen molar-refractivity contribution in [2.24, 2.45) is 17.3 Å². The largest absolute Gasteiger partial charge is 0.490 e. The van der Waals surface area contributed by atoms with Gasteiger partial charge in [-0.15, -0.1) is 0 Å². The van der Waals surface area contributed by atoms with E-state index in [1.807, 2.05) is 19.1 Å². The fourth-order valence-corrected chi connectivity index (χ4v) is 5.71. The normalized spacial score (nSPS) is 28.2. The molecule has 0 aliphatic heterocycles. The number of ether oxygens (including phenoxy) is 2. The second-order valence-corrected chi connectivity index (χ2v) is 9.81. The molecule has 2 bridgehead atoms. The Bertz CT molecular complexity index is 837. The number of amides is 2. The van der Waals surface area contributed by atoms with Gasteiger partial charge in [-0.25, -0.2) is 0 Å². The Kier molecular flexibility index (Phi) is 7.56. The number of benzene rings is 1. The molecule has 33 heavy (non-hydrogen) atoms. The van der Waals surface area contributed by atoms with Crippen LogP contribution in [0.3, 0.4) is 0 Å². The first-order chi connectivity index (χ1) is 16.0. The van der Waals surface area contributed by atoms with Gasteiger partial charge in [0, 0.05) is 24.1 Å². The van der Waals surface area contributed by atoms with E-state index in [9.17, 15) is 14.4 Å². The Hall–Kier alpha value is -2.57. The van der Waals surface area contributed by atoms with Crippen molar-refractivity contribution in [3.05, 3.63) is 29.8 Å². The van der Waals surface area contributed by atoms with Crippen molar-refractivity contribution < 1.29 is 23.9 Å². The summed E-state index contributed by atoms with van der Waals surface area (Å²) in [5, 5.41) is 5.89. The van der Waals surface area contributed by atoms with Gasteiger partial charge < -0.3 is 20.1 Å². The zero-order valence-electron chi connectivity index (χ0n) is 19.6. The monoisotopic (exact) mass is 456 g/mol. The van der Waals surface area contributed by atoms with Gasteiger partial charge in [0.25, 0.3) is 5.91 Å². The first-order valence-corrected chi connectivity index (χ1v) is 12.5. The van der Waals surface area contributed by atoms with Gasteiger partial charge >= 0.3 is 5.97 Å². The third kappa shape index (κ3) is 5.68. The molecular formula is C26H36N2O5. The van der Waals surface area contributed by atoms with E-state index in [1.54, 1.807) is 12.1 Å². The molecule has 2 amide bonds. The van der Waals surface area contributed by atoms with Crippen molar-refractivity contribution in [3.8, 4) is 5.75 Å². The van der Waals surface area contributed by atoms with Crippen LogP contribution in [0.5, 0.6) is 5.75 Å². The highest BCUT2D eigenvalue weighted by Gasteiger charge is 2.49. The summed E-state index contributed by atoms with van der Waals surface area (Å²) in [7, 11) is 0. The number of carbonyl (C=O) groups excluding carboxylic acids is 3. The zero-order valence-corrected chi connectivity index (χ0v) is 19.6. The molecule has 180 valence electrons. The molecule has 1 aromatic carbocycles. The van der Waals surface area contributed by atoms with E-state index in [-0.39, 0.29) is 35.2 Å². The summed E-state index contributed by atoms with van der Waals surface area (Å²) in [4.78, 5) is 36.8. The molecular weight excluding hydrogens is 420 g/mol. The van der Waals surface area contributed by atoms with Crippen LogP contribution in [0.1, 0.15) is 75.1 Å². The molecule has 0 saturated heterocycles. The maximum absolute atomic E-state index is 12.6. The second-order valence-electron chi connectivity index (χ2n) is 9.81. The lowest BCUT2D eigenvalue weighted by Crippen LogP contribution is -2.42. The minimum atomic E-state index is -0.161. The van der Waals surface area contributed by atoms with Crippen LogP contribution in [0, 0.1) is 17.3 Å². The topological polar surface area (TPSA) is 93.7 Å². The summed E-state index contributed by atoms with van der Waals surface area (Å²) >= 11 is 0. The van der Waals surface area contributed by atoms with Crippen molar-refractivity contribution in [1.82, 2.24) is 10.6 Å². The van der Waals surface area contributed by atoms with Crippen LogP contribution in [0.2, 0.25) is 0 Å². The Balaban J connectivity index is 1.15. The number of hydrogen-bond acceptors (Lipinski definition) is 5. The molecule has 3 fully saturated rings. The molecule has 3 aliphatic rings. The van der Waals surface area contributed by atoms with Crippen LogP contribution in [0.4, 0.5) is 0 Å². The van der Waals surface area contributed by atoms with Crippen LogP contribution in [0.15, 0.2) is 24.3 Å². The molecule has 0 unspecified atom stereocenters. The van der Waals surface area contributed by atoms with Gasteiger partial charge in [0.2, 0.25) is 5.91 Å². The quantitative estimate of drug-likeness (QED) is 0.437. The highest BCUT2D eigenvalue weighted by atomic mass is 16.5. The van der Waals surface area contributed by atoms with E-state index in [4.69, 9.17) is 9.47 Å². The van der Waals surface area contributed by atoms with Gasteiger partial charge in [-0.1, -0.05) is 0 Å². The smallest absolute Gasteiger partial charge is 0.308 e. The number of esters is 1. The standard InChI is InChI=1S/C26H36N2O5/c1-2-32-24(30)20-5-9-22(10-6-20)33-21-7-3-19(4-8-21)23(29)27-15-16-28-25(31)26-13-11-18(17-26)12-14-26/h3-4,7-8,18,20,22H,2,5-6,9-17H2,1H3,(H,27,29)(H,28,31)/t18?,20-,22+,26?. The minimum absolute atomic E-state index is 0.0199. The van der Waals surface area contributed by atoms with E-state index in [1.165, 1.54) is 12.8 Å². The summed E-state index contributed by atoms with van der Waals surface area (Å²) in [6.07, 6.45) is 8.69. The molecule has 1 aromatic rings. The van der Waals surface area contributed by atoms with Crippen LogP contribution in [-0.4, -0.2) is 43.6 Å². The van der Waals surface area contributed by atoms with Crippen molar-refractivity contribution >= 4 is 17.8 Å². The fourth-order valence-electron chi connectivity index (χ4n) is 5.71. The van der Waals surface area contributed by atoms with E-state index in [2.05, 4.69) is 10.6 Å². The van der Waals surface area contributed by atoms with Crippen molar-refractivity contribution in [3.63, 3.8) is 0 Å². The third-order valence-corrected chi connectivity index (χ3v) is 7.63. The maximum Gasteiger partial charge on any atom is 0.308 e. The molecule has 3 aliphatic carbocycles. The molecule has 0 radical (unpaired) electrons. The van der Waals surface area contributed by atoms with Crippen LogP contribution in [-0.2, 0) is 14.3 Å². The molecule has 2 N–H and O–H groups in total. The van der Waals surface area contributed by atoms with E-state index in [0.29, 0.717) is 25.3 Å². The van der Waals surface area contributed by atoms with Crippen LogP contribution in [0.25, 0.3) is 0 Å². The SMILES string of the molecule is CCOC(=O)[C@H]1CC[C@@H](Oc2ccc(C(=O)NCCNC(=O)C34CCC(CC3)C4)cc2)CC1. The first-order valence-electron chi connectivity index (χ1n) is 12.5. The first kappa shape index (κ1) is 23.6. The molecule has 4 rings (SSSR count). The summed E-state index contributed by atoms with van der Waals surface area (Å²) in [6, 6.07) is 7.13. The highest BCUT2D eigenvalue weighted by Crippen LogP contribution is 2.54. The molecule has 3 saturated carbocycles. The van der Waals surface area contributed by atoms with Crippen molar-refractivity contribution in [2.75, 3.05) is 19.7 Å². The van der Waals surface area contributed by atoms with E-state index >= 15 is 0 Å². The van der Waals surface area contributed by atoms with Crippen molar-refractivity contribution in [1.29, 1.82) is 0 Å². The fraction of sp³-hybridized carbons (Fsp3) is 0.654. The predicted molar refractivity (Wildman–Crippen MR) is 124 cm³/mol. The number of rotatable bonds is 9. The molecule has 0 atom stereocenters. The zero-order chi connectivity index (χ0) is 23.3. The number of carbonyl (C=O) groups is 3. The Labute approximate surface area is 196 Å². The summed E-state index contributed by atoms with van der Waals surface area (Å²) in [5.41, 5.74) is 0.426. The number of fused-ring (bicyclic) bond motifs is 2. The van der Waals surface area contributed by atoms with Crippen molar-refractivity contribution in [2.45, 2.75) is 70.8 Å². The molecule has 0 heterocycles. The Morgan fingerprint density at radius 3 is 2.21 bits per heavy atom. The third-order valence-electron chi connectivity index (χ3n) is 7.63. The van der Waals surface area contributed by atoms with Gasteiger partial charge in [0.05, 0.1) is 18.6 Å². The highest BCUT2D eigenvalue weighted by molar-refractivity contribution is 5.94. The summed E-state index contributed by atoms with van der Waals surface area (Å²) in [5.74, 6) is 1.34. The minimum Gasteiger partial charge on any atom is -0.490 e. The van der Waals surface area contributed by atoms with Gasteiger partial charge in [-0.2, -0.15) is 0 Å². The van der Waals surface area contributed by atoms with Crippen LogP contribution < -0.4 is 15.4 Å². The van der Waals surface area contributed by atoms with Gasteiger partial charge in [0.15, 0.2) is 0 Å². The predicted octanol–water partition coefficient (Wildman–Crippen LogP) is 3.61. The maximum atomic E-state index is 12.6. The number of nitrogens with one attached hydrogen (secondary N) is 2. The summed E-state index contributed by atoms with van der Waals surface area (Å²) in [6.45, 7) is 3.11. The Morgan fingerprint density at radius 2 is 1.61 bits per heavy atom. The van der Waals surface area contributed by atoms with E-state index in [0.717, 1.165) is 56.6 Å². The lowest BCUT2D eigenvalue weighted by atomic mass is 9.83. The van der Waals surface area contributed by atoms with Crippen LogP contribution >= 0.6 is 0 Å². The molecule has 0 spiro atoms. The molecule has 7 heteroatoms.